The third-order valence-corrected chi connectivity index (χ3v) is 11.7. The summed E-state index contributed by atoms with van der Waals surface area (Å²) in [5, 5.41) is 16.0. The van der Waals surface area contributed by atoms with Gasteiger partial charge in [0.15, 0.2) is 5.82 Å². The Morgan fingerprint density at radius 1 is 1.00 bits per heavy atom. The van der Waals surface area contributed by atoms with Crippen molar-refractivity contribution in [3.8, 4) is 23.0 Å². The number of aromatic hydroxyl groups is 1. The predicted octanol–water partition coefficient (Wildman–Crippen LogP) is 6.55. The lowest BCUT2D eigenvalue weighted by molar-refractivity contribution is -0.345. The Labute approximate surface area is 291 Å². The van der Waals surface area contributed by atoms with E-state index in [0.717, 1.165) is 32.1 Å². The van der Waals surface area contributed by atoms with Gasteiger partial charge in [0, 0.05) is 55.3 Å². The van der Waals surface area contributed by atoms with Crippen LogP contribution < -0.4 is 15.0 Å². The number of nitrogens with zero attached hydrogens (tertiary/aromatic N) is 5. The number of nitrogens with one attached hydrogen (secondary N) is 1. The van der Waals surface area contributed by atoms with E-state index in [1.165, 1.54) is 18.2 Å². The van der Waals surface area contributed by atoms with Gasteiger partial charge in [0.25, 0.3) is 0 Å². The lowest BCUT2D eigenvalue weighted by Gasteiger charge is -2.41. The molecule has 51 heavy (non-hydrogen) atoms. The first-order chi connectivity index (χ1) is 24.4. The van der Waals surface area contributed by atoms with Crippen molar-refractivity contribution in [2.45, 2.75) is 88.9 Å². The molecule has 4 aliphatic heterocycles. The van der Waals surface area contributed by atoms with Gasteiger partial charge < -0.3 is 25.0 Å². The maximum Gasteiger partial charge on any atom is 0.522 e. The van der Waals surface area contributed by atoms with Gasteiger partial charge >= 0.3 is 12.4 Å². The summed E-state index contributed by atoms with van der Waals surface area (Å²) in [5.74, 6) is -0.626. The molecule has 0 radical (unpaired) electrons. The van der Waals surface area contributed by atoms with Crippen molar-refractivity contribution in [2.24, 2.45) is 5.41 Å². The van der Waals surface area contributed by atoms with Crippen LogP contribution in [0.1, 0.15) is 56.2 Å². The van der Waals surface area contributed by atoms with Gasteiger partial charge in [-0.2, -0.15) is 9.97 Å². The quantitative estimate of drug-likeness (QED) is 0.207. The second kappa shape index (κ2) is 12.1. The monoisotopic (exact) mass is 710 g/mol. The molecule has 4 aromatic rings. The third kappa shape index (κ3) is 6.02. The highest BCUT2D eigenvalue weighted by Crippen LogP contribution is 2.48. The van der Waals surface area contributed by atoms with Gasteiger partial charge in [-0.15, -0.1) is 13.2 Å². The highest BCUT2D eigenvalue weighted by molar-refractivity contribution is 6.02. The van der Waals surface area contributed by atoms with Crippen LogP contribution in [0.25, 0.3) is 32.9 Å². The van der Waals surface area contributed by atoms with Gasteiger partial charge in [-0.1, -0.05) is 6.07 Å². The number of hydrogen-bond acceptors (Lipinski definition) is 9. The molecule has 0 unspecified atom stereocenters. The number of phenolic OH excluding ortho intramolecular Hbond substituents is 1. The van der Waals surface area contributed by atoms with E-state index >= 15 is 4.39 Å². The molecule has 5 aliphatic rings. The molecule has 9 rings (SSSR count). The number of benzene rings is 2. The number of rotatable bonds is 7. The van der Waals surface area contributed by atoms with Crippen molar-refractivity contribution in [3.63, 3.8) is 0 Å². The molecule has 3 saturated heterocycles. The van der Waals surface area contributed by atoms with Crippen LogP contribution >= 0.6 is 0 Å². The van der Waals surface area contributed by atoms with Crippen molar-refractivity contribution < 1.29 is 36.5 Å². The molecule has 3 atom stereocenters. The first kappa shape index (κ1) is 33.0. The molecule has 1 saturated carbocycles. The summed E-state index contributed by atoms with van der Waals surface area (Å²) < 4.78 is 80.8. The Hall–Kier alpha value is -3.88. The van der Waals surface area contributed by atoms with E-state index in [0.29, 0.717) is 78.7 Å². The molecule has 4 fully saturated rings. The lowest BCUT2D eigenvalue weighted by Crippen LogP contribution is -2.58. The number of hydrogen-bond donors (Lipinski definition) is 2. The fourth-order valence-corrected chi connectivity index (χ4v) is 8.99. The number of halogens is 5. The standard InChI is InChI=1S/C37H39F5N6O3/c1-19-25(38)4-2-20-14-22(49)15-24(29(19)20)32-31(39)33-30-27(44-32)6-7-28-26-5-3-21(43-26)16-48(28)34(30)46-35(45-33)50-18-36(10-11-36)17-47-12-8-23(9-13-47)51-37(40,41)42/h2,4,14-15,21,23,26,28,43,49H,3,5-13,16-18H2,1H3/t21-,26+,28+/m0/s1. The fourth-order valence-electron chi connectivity index (χ4n) is 8.99. The number of piperazine rings is 1. The topological polar surface area (TPSA) is 95.9 Å². The van der Waals surface area contributed by atoms with Crippen molar-refractivity contribution in [3.05, 3.63) is 47.2 Å². The molecule has 9 nitrogen and oxygen atoms in total. The first-order valence-corrected chi connectivity index (χ1v) is 17.9. The van der Waals surface area contributed by atoms with E-state index < -0.39 is 24.1 Å². The molecule has 2 aromatic carbocycles. The Balaban J connectivity index is 1.08. The van der Waals surface area contributed by atoms with Crippen molar-refractivity contribution in [1.29, 1.82) is 0 Å². The van der Waals surface area contributed by atoms with Crippen LogP contribution in [0, 0.1) is 24.0 Å². The Morgan fingerprint density at radius 3 is 2.57 bits per heavy atom. The van der Waals surface area contributed by atoms with Crippen LogP contribution in [0.5, 0.6) is 11.8 Å². The van der Waals surface area contributed by atoms with Crippen LogP contribution in [0.3, 0.4) is 0 Å². The molecule has 2 aromatic heterocycles. The first-order valence-electron chi connectivity index (χ1n) is 17.9. The summed E-state index contributed by atoms with van der Waals surface area (Å²) in [6, 6.07) is 6.57. The number of pyridine rings is 1. The van der Waals surface area contributed by atoms with Gasteiger partial charge in [0.05, 0.1) is 23.8 Å². The molecular weight excluding hydrogens is 671 g/mol. The molecule has 2 N–H and O–H groups in total. The molecule has 6 heterocycles. The van der Waals surface area contributed by atoms with E-state index in [2.05, 4.69) is 19.9 Å². The second-order valence-corrected chi connectivity index (χ2v) is 15.2. The minimum absolute atomic E-state index is 0.0150. The summed E-state index contributed by atoms with van der Waals surface area (Å²) in [6.45, 7) is 4.30. The fraction of sp³-hybridized carbons (Fsp3) is 0.541. The molecular formula is C37H39F5N6O3. The van der Waals surface area contributed by atoms with Crippen LogP contribution in [-0.2, 0) is 11.2 Å². The SMILES string of the molecule is Cc1c(F)ccc2cc(O)cc(-c3nc4c5c(nc(OCC6(CN7CCC(OC(F)(F)F)CC7)CC6)nc5c3F)N3C[C@@H]5CC[C@@H](N5)[C@H]3CC4)c12. The van der Waals surface area contributed by atoms with Crippen molar-refractivity contribution in [2.75, 3.05) is 37.7 Å². The Bertz CT molecular complexity index is 2030. The normalized spacial score (nSPS) is 24.6. The highest BCUT2D eigenvalue weighted by Gasteiger charge is 2.47. The van der Waals surface area contributed by atoms with Gasteiger partial charge in [-0.3, -0.25) is 4.74 Å². The average molecular weight is 711 g/mol. The summed E-state index contributed by atoms with van der Waals surface area (Å²) in [7, 11) is 0. The van der Waals surface area contributed by atoms with Crippen LogP contribution in [0.15, 0.2) is 24.3 Å². The molecule has 14 heteroatoms. The number of fused-ring (bicyclic) bond motifs is 6. The van der Waals surface area contributed by atoms with Gasteiger partial charge in [0.1, 0.15) is 28.6 Å². The van der Waals surface area contributed by atoms with E-state index in [4.69, 9.17) is 19.7 Å². The van der Waals surface area contributed by atoms with Crippen LogP contribution in [0.2, 0.25) is 0 Å². The largest absolute Gasteiger partial charge is 0.522 e. The predicted molar refractivity (Wildman–Crippen MR) is 180 cm³/mol. The van der Waals surface area contributed by atoms with Crippen LogP contribution in [-0.4, -0.2) is 88.3 Å². The summed E-state index contributed by atoms with van der Waals surface area (Å²) >= 11 is 0. The molecule has 1 aliphatic carbocycles. The van der Waals surface area contributed by atoms with E-state index in [-0.39, 0.29) is 58.7 Å². The minimum Gasteiger partial charge on any atom is -0.508 e. The maximum atomic E-state index is 17.1. The van der Waals surface area contributed by atoms with Gasteiger partial charge in [-0.25, -0.2) is 13.8 Å². The van der Waals surface area contributed by atoms with E-state index in [1.54, 1.807) is 13.0 Å². The average Bonchev–Trinajstić information content (AvgIpc) is 3.78. The van der Waals surface area contributed by atoms with Gasteiger partial charge in [-0.05, 0) is 92.8 Å². The zero-order valence-electron chi connectivity index (χ0n) is 28.2. The molecule has 0 amide bonds. The Morgan fingerprint density at radius 2 is 1.80 bits per heavy atom. The number of phenols is 1. The number of ether oxygens (including phenoxy) is 2. The number of likely N-dealkylation sites (tertiary alicyclic amines) is 1. The number of alkyl halides is 3. The van der Waals surface area contributed by atoms with E-state index in [1.807, 2.05) is 0 Å². The van der Waals surface area contributed by atoms with Crippen LogP contribution in [0.4, 0.5) is 27.8 Å². The molecule has 270 valence electrons. The van der Waals surface area contributed by atoms with Crippen molar-refractivity contribution >= 4 is 27.5 Å². The number of piperidine rings is 1. The summed E-state index contributed by atoms with van der Waals surface area (Å²) in [4.78, 5) is 19.0. The highest BCUT2D eigenvalue weighted by atomic mass is 19.4. The Kier molecular flexibility index (Phi) is 7.82. The smallest absolute Gasteiger partial charge is 0.508 e. The maximum absolute atomic E-state index is 17.1. The third-order valence-electron chi connectivity index (χ3n) is 11.7. The minimum atomic E-state index is -4.63. The zero-order chi connectivity index (χ0) is 35.2. The number of aromatic nitrogens is 3. The number of anilines is 1. The second-order valence-electron chi connectivity index (χ2n) is 15.2. The van der Waals surface area contributed by atoms with E-state index in [9.17, 15) is 22.7 Å². The van der Waals surface area contributed by atoms with Gasteiger partial charge in [0.2, 0.25) is 0 Å². The zero-order valence-corrected chi connectivity index (χ0v) is 28.2. The molecule has 0 spiro atoms. The summed E-state index contributed by atoms with van der Waals surface area (Å²) in [6.07, 6.45) is 0.348. The lowest BCUT2D eigenvalue weighted by atomic mass is 9.95. The number of aryl methyl sites for hydroxylation is 2. The summed E-state index contributed by atoms with van der Waals surface area (Å²) in [5.41, 5.74) is 1.12. The molecule has 2 bridgehead atoms. The van der Waals surface area contributed by atoms with Crippen molar-refractivity contribution in [1.82, 2.24) is 25.2 Å².